The van der Waals surface area contributed by atoms with Gasteiger partial charge in [0.1, 0.15) is 0 Å². The molecule has 0 aromatic heterocycles. The van der Waals surface area contributed by atoms with Crippen LogP contribution in [0.25, 0.3) is 0 Å². The average Bonchev–Trinajstić information content (AvgIpc) is 2.03. The monoisotopic (exact) mass is 175 g/mol. The van der Waals surface area contributed by atoms with Gasteiger partial charge in [-0.3, -0.25) is 0 Å². The minimum absolute atomic E-state index is 0.618. The number of rotatable bonds is 6. The lowest BCUT2D eigenvalue weighted by molar-refractivity contribution is 0.106. The second kappa shape index (κ2) is 7.05. The fourth-order valence-corrected chi connectivity index (χ4v) is 0.771. The summed E-state index contributed by atoms with van der Waals surface area (Å²) in [5.74, 6) is 2.50. The normalized spacial score (nSPS) is 12.9. The Morgan fingerprint density at radius 2 is 2.08 bits per heavy atom. The highest BCUT2D eigenvalue weighted by molar-refractivity contribution is 4.82. The maximum atomic E-state index is 11.9. The molecule has 1 atom stereocenters. The lowest BCUT2D eigenvalue weighted by Crippen LogP contribution is -2.33. The molecular weight excluding hydrogens is 160 g/mol. The predicted molar refractivity (Wildman–Crippen MR) is 46.2 cm³/mol. The number of halogens is 2. The van der Waals surface area contributed by atoms with Crippen LogP contribution in [0.4, 0.5) is 8.78 Å². The molecule has 0 aliphatic carbocycles. The molecular formula is C9H15F2N. The summed E-state index contributed by atoms with van der Waals surface area (Å²) in [6, 6.07) is -0.712. The van der Waals surface area contributed by atoms with Crippen LogP contribution in [-0.2, 0) is 0 Å². The minimum Gasteiger partial charge on any atom is -0.309 e. The number of terminal acetylenes is 1. The Morgan fingerprint density at radius 3 is 2.58 bits per heavy atom. The van der Waals surface area contributed by atoms with Crippen molar-refractivity contribution in [1.82, 2.24) is 5.32 Å². The van der Waals surface area contributed by atoms with Crippen LogP contribution in [0.2, 0.25) is 0 Å². The maximum absolute atomic E-state index is 11.9. The van der Waals surface area contributed by atoms with E-state index in [4.69, 9.17) is 6.42 Å². The first-order chi connectivity index (χ1) is 5.68. The van der Waals surface area contributed by atoms with Gasteiger partial charge in [-0.25, -0.2) is 8.78 Å². The molecule has 1 unspecified atom stereocenters. The summed E-state index contributed by atoms with van der Waals surface area (Å²) in [5, 5.41) is 2.72. The third-order valence-electron chi connectivity index (χ3n) is 1.59. The summed E-state index contributed by atoms with van der Waals surface area (Å²) in [4.78, 5) is 0. The van der Waals surface area contributed by atoms with Gasteiger partial charge >= 0.3 is 0 Å². The first-order valence-corrected chi connectivity index (χ1v) is 4.13. The molecule has 0 bridgehead atoms. The van der Waals surface area contributed by atoms with E-state index >= 15 is 0 Å². The standard InChI is InChI=1S/C9H15F2N/c1-3-4-5-6-7-12-8(2)9(10)11/h1,8-9,12H,4-7H2,2H3. The zero-order chi connectivity index (χ0) is 9.40. The number of hydrogen-bond acceptors (Lipinski definition) is 1. The lowest BCUT2D eigenvalue weighted by Gasteiger charge is -2.11. The Kier molecular flexibility index (Phi) is 6.69. The van der Waals surface area contributed by atoms with Crippen LogP contribution in [0, 0.1) is 12.3 Å². The summed E-state index contributed by atoms with van der Waals surface area (Å²) in [6.07, 6.45) is 5.24. The Morgan fingerprint density at radius 1 is 1.42 bits per heavy atom. The smallest absolute Gasteiger partial charge is 0.253 e. The van der Waals surface area contributed by atoms with Gasteiger partial charge in [0.2, 0.25) is 0 Å². The van der Waals surface area contributed by atoms with Crippen LogP contribution < -0.4 is 5.32 Å². The van der Waals surface area contributed by atoms with E-state index in [2.05, 4.69) is 11.2 Å². The van der Waals surface area contributed by atoms with Gasteiger partial charge in [0.25, 0.3) is 6.43 Å². The van der Waals surface area contributed by atoms with E-state index in [-0.39, 0.29) is 0 Å². The van der Waals surface area contributed by atoms with Gasteiger partial charge in [-0.05, 0) is 26.3 Å². The highest BCUT2D eigenvalue weighted by Gasteiger charge is 2.12. The number of alkyl halides is 2. The molecule has 0 aromatic rings. The van der Waals surface area contributed by atoms with E-state index in [9.17, 15) is 8.78 Å². The van der Waals surface area contributed by atoms with Crippen LogP contribution in [-0.4, -0.2) is 19.0 Å². The molecule has 0 rings (SSSR count). The summed E-state index contributed by atoms with van der Waals surface area (Å²) in [6.45, 7) is 2.10. The van der Waals surface area contributed by atoms with Gasteiger partial charge in [0.05, 0.1) is 6.04 Å². The second-order valence-electron chi connectivity index (χ2n) is 2.74. The van der Waals surface area contributed by atoms with Gasteiger partial charge in [-0.1, -0.05) is 0 Å². The summed E-state index contributed by atoms with van der Waals surface area (Å²) in [7, 11) is 0. The molecule has 0 aliphatic heterocycles. The number of hydrogen-bond donors (Lipinski definition) is 1. The highest BCUT2D eigenvalue weighted by atomic mass is 19.3. The fraction of sp³-hybridized carbons (Fsp3) is 0.778. The highest BCUT2D eigenvalue weighted by Crippen LogP contribution is 1.99. The van der Waals surface area contributed by atoms with Crippen molar-refractivity contribution < 1.29 is 8.78 Å². The maximum Gasteiger partial charge on any atom is 0.253 e. The van der Waals surface area contributed by atoms with Crippen molar-refractivity contribution in [2.45, 2.75) is 38.7 Å². The molecule has 0 radical (unpaired) electrons. The predicted octanol–water partition coefficient (Wildman–Crippen LogP) is 2.03. The molecule has 0 saturated heterocycles. The van der Waals surface area contributed by atoms with Crippen molar-refractivity contribution in [2.75, 3.05) is 6.54 Å². The second-order valence-corrected chi connectivity index (χ2v) is 2.74. The van der Waals surface area contributed by atoms with E-state index in [1.165, 1.54) is 6.92 Å². The molecule has 0 aromatic carbocycles. The van der Waals surface area contributed by atoms with Crippen LogP contribution in [0.1, 0.15) is 26.2 Å². The third kappa shape index (κ3) is 6.11. The topological polar surface area (TPSA) is 12.0 Å². The van der Waals surface area contributed by atoms with Crippen LogP contribution in [0.15, 0.2) is 0 Å². The van der Waals surface area contributed by atoms with Gasteiger partial charge in [0.15, 0.2) is 0 Å². The SMILES string of the molecule is C#CCCCCNC(C)C(F)F. The van der Waals surface area contributed by atoms with Crippen molar-refractivity contribution in [3.8, 4) is 12.3 Å². The van der Waals surface area contributed by atoms with Crippen LogP contribution >= 0.6 is 0 Å². The summed E-state index contributed by atoms with van der Waals surface area (Å²) < 4.78 is 23.8. The van der Waals surface area contributed by atoms with E-state index in [1.54, 1.807) is 0 Å². The van der Waals surface area contributed by atoms with Crippen molar-refractivity contribution in [1.29, 1.82) is 0 Å². The van der Waals surface area contributed by atoms with Gasteiger partial charge in [0, 0.05) is 6.42 Å². The van der Waals surface area contributed by atoms with Crippen LogP contribution in [0.3, 0.4) is 0 Å². The molecule has 70 valence electrons. The zero-order valence-electron chi connectivity index (χ0n) is 7.32. The lowest BCUT2D eigenvalue weighted by atomic mass is 10.2. The van der Waals surface area contributed by atoms with Gasteiger partial charge < -0.3 is 5.32 Å². The molecule has 0 spiro atoms. The molecule has 1 N–H and O–H groups in total. The third-order valence-corrected chi connectivity index (χ3v) is 1.59. The quantitative estimate of drug-likeness (QED) is 0.481. The van der Waals surface area contributed by atoms with Crippen LogP contribution in [0.5, 0.6) is 0 Å². The fourth-order valence-electron chi connectivity index (χ4n) is 0.771. The molecule has 0 heterocycles. The van der Waals surface area contributed by atoms with Crippen molar-refractivity contribution in [3.05, 3.63) is 0 Å². The number of nitrogens with one attached hydrogen (secondary N) is 1. The van der Waals surface area contributed by atoms with E-state index in [1.807, 2.05) is 0 Å². The Labute approximate surface area is 72.5 Å². The first kappa shape index (κ1) is 11.4. The molecule has 1 nitrogen and oxygen atoms in total. The van der Waals surface area contributed by atoms with Gasteiger partial charge in [-0.2, -0.15) is 0 Å². The molecule has 0 saturated carbocycles. The first-order valence-electron chi connectivity index (χ1n) is 4.13. The van der Waals surface area contributed by atoms with Gasteiger partial charge in [-0.15, -0.1) is 12.3 Å². The van der Waals surface area contributed by atoms with Crippen molar-refractivity contribution >= 4 is 0 Å². The summed E-state index contributed by atoms with van der Waals surface area (Å²) >= 11 is 0. The molecule has 3 heteroatoms. The molecule has 0 amide bonds. The van der Waals surface area contributed by atoms with Crippen molar-refractivity contribution in [3.63, 3.8) is 0 Å². The largest absolute Gasteiger partial charge is 0.309 e. The average molecular weight is 175 g/mol. The van der Waals surface area contributed by atoms with E-state index < -0.39 is 12.5 Å². The Bertz CT molecular complexity index is 140. The van der Waals surface area contributed by atoms with E-state index in [0.29, 0.717) is 6.54 Å². The molecule has 12 heavy (non-hydrogen) atoms. The Hall–Kier alpha value is -0.620. The summed E-state index contributed by atoms with van der Waals surface area (Å²) in [5.41, 5.74) is 0. The van der Waals surface area contributed by atoms with E-state index in [0.717, 1.165) is 19.3 Å². The Balaban J connectivity index is 3.15. The zero-order valence-corrected chi connectivity index (χ0v) is 7.32. The molecule has 0 fully saturated rings. The van der Waals surface area contributed by atoms with Crippen molar-refractivity contribution in [2.24, 2.45) is 0 Å². The minimum atomic E-state index is -2.28. The molecule has 0 aliphatic rings. The number of unbranched alkanes of at least 4 members (excludes halogenated alkanes) is 2.